The highest BCUT2D eigenvalue weighted by Crippen LogP contribution is 2.26. The first-order valence-electron chi connectivity index (χ1n) is 8.23. The minimum absolute atomic E-state index is 0.0617. The van der Waals surface area contributed by atoms with Crippen molar-refractivity contribution in [1.82, 2.24) is 10.2 Å². The standard InChI is InChI=1S/C18H28N2O3/c1-6-20(7-2)10-9-19-18(22)16-12-15(14(5)21)11-13(4)17(16)23-8-3/h11-12H,6-10H2,1-5H3,(H,19,22). The molecule has 1 aromatic carbocycles. The molecule has 0 radical (unpaired) electrons. The van der Waals surface area contributed by atoms with Crippen molar-refractivity contribution in [2.24, 2.45) is 0 Å². The summed E-state index contributed by atoms with van der Waals surface area (Å²) in [7, 11) is 0. The lowest BCUT2D eigenvalue weighted by Gasteiger charge is -2.19. The van der Waals surface area contributed by atoms with Gasteiger partial charge in [0.2, 0.25) is 0 Å². The summed E-state index contributed by atoms with van der Waals surface area (Å²) in [5.74, 6) is 0.290. The molecule has 0 heterocycles. The van der Waals surface area contributed by atoms with Crippen LogP contribution in [0.15, 0.2) is 12.1 Å². The predicted octanol–water partition coefficient (Wildman–Crippen LogP) is 2.67. The van der Waals surface area contributed by atoms with E-state index in [1.54, 1.807) is 12.1 Å². The minimum Gasteiger partial charge on any atom is -0.493 e. The second-order valence-corrected chi connectivity index (χ2v) is 5.44. The van der Waals surface area contributed by atoms with Gasteiger partial charge in [-0.05, 0) is 51.6 Å². The topological polar surface area (TPSA) is 58.6 Å². The Kier molecular flexibility index (Phi) is 7.75. The van der Waals surface area contributed by atoms with Crippen molar-refractivity contribution in [2.75, 3.05) is 32.8 Å². The summed E-state index contributed by atoms with van der Waals surface area (Å²) in [5.41, 5.74) is 1.75. The zero-order valence-corrected chi connectivity index (χ0v) is 14.9. The number of likely N-dealkylation sites (N-methyl/N-ethyl adjacent to an activating group) is 1. The molecule has 0 atom stereocenters. The van der Waals surface area contributed by atoms with Crippen LogP contribution in [0.4, 0.5) is 0 Å². The molecule has 128 valence electrons. The molecule has 0 unspecified atom stereocenters. The van der Waals surface area contributed by atoms with Gasteiger partial charge in [0, 0.05) is 18.7 Å². The van der Waals surface area contributed by atoms with Crippen LogP contribution in [0.5, 0.6) is 5.75 Å². The maximum Gasteiger partial charge on any atom is 0.255 e. The normalized spacial score (nSPS) is 10.7. The summed E-state index contributed by atoms with van der Waals surface area (Å²) in [6.45, 7) is 13.2. The zero-order valence-electron chi connectivity index (χ0n) is 14.9. The highest BCUT2D eigenvalue weighted by atomic mass is 16.5. The van der Waals surface area contributed by atoms with Crippen molar-refractivity contribution >= 4 is 11.7 Å². The van der Waals surface area contributed by atoms with E-state index in [2.05, 4.69) is 24.1 Å². The number of aryl methyl sites for hydroxylation is 1. The number of carbonyl (C=O) groups is 2. The molecule has 0 spiro atoms. The Balaban J connectivity index is 2.94. The van der Waals surface area contributed by atoms with Gasteiger partial charge in [-0.2, -0.15) is 0 Å². The first kappa shape index (κ1) is 19.2. The molecule has 0 saturated heterocycles. The molecule has 5 nitrogen and oxygen atoms in total. The molecule has 0 aromatic heterocycles. The molecule has 0 aliphatic heterocycles. The second kappa shape index (κ2) is 9.30. The summed E-state index contributed by atoms with van der Waals surface area (Å²) < 4.78 is 5.61. The Morgan fingerprint density at radius 2 is 1.83 bits per heavy atom. The first-order valence-corrected chi connectivity index (χ1v) is 8.23. The number of hydrogen-bond donors (Lipinski definition) is 1. The lowest BCUT2D eigenvalue weighted by Crippen LogP contribution is -2.35. The molecular formula is C18H28N2O3. The molecule has 1 aromatic rings. The molecule has 0 aliphatic carbocycles. The number of nitrogens with one attached hydrogen (secondary N) is 1. The van der Waals surface area contributed by atoms with E-state index in [9.17, 15) is 9.59 Å². The number of carbonyl (C=O) groups excluding carboxylic acids is 2. The summed E-state index contributed by atoms with van der Waals surface area (Å²) in [4.78, 5) is 26.4. The largest absolute Gasteiger partial charge is 0.493 e. The van der Waals surface area contributed by atoms with Crippen LogP contribution < -0.4 is 10.1 Å². The molecule has 1 amide bonds. The number of nitrogens with zero attached hydrogens (tertiary/aromatic N) is 1. The third kappa shape index (κ3) is 5.36. The van der Waals surface area contributed by atoms with E-state index in [4.69, 9.17) is 4.74 Å². The van der Waals surface area contributed by atoms with E-state index in [0.29, 0.717) is 30.0 Å². The van der Waals surface area contributed by atoms with Gasteiger partial charge in [0.15, 0.2) is 5.78 Å². The lowest BCUT2D eigenvalue weighted by atomic mass is 10.0. The number of Topliss-reactive ketones (excluding diaryl/α,β-unsaturated/α-hetero) is 1. The third-order valence-corrected chi connectivity index (χ3v) is 3.82. The van der Waals surface area contributed by atoms with Crippen molar-refractivity contribution in [2.45, 2.75) is 34.6 Å². The molecular weight excluding hydrogens is 292 g/mol. The van der Waals surface area contributed by atoms with Gasteiger partial charge in [-0.25, -0.2) is 0 Å². The second-order valence-electron chi connectivity index (χ2n) is 5.44. The number of rotatable bonds is 9. The van der Waals surface area contributed by atoms with Crippen LogP contribution in [-0.4, -0.2) is 49.4 Å². The number of ether oxygens (including phenoxy) is 1. The lowest BCUT2D eigenvalue weighted by molar-refractivity contribution is 0.0945. The SMILES string of the molecule is CCOc1c(C)cc(C(C)=O)cc1C(=O)NCCN(CC)CC. The summed E-state index contributed by atoms with van der Waals surface area (Å²) in [5, 5.41) is 2.92. The zero-order chi connectivity index (χ0) is 17.4. The summed E-state index contributed by atoms with van der Waals surface area (Å²) in [6.07, 6.45) is 0. The van der Waals surface area contributed by atoms with Crippen molar-refractivity contribution in [3.8, 4) is 5.75 Å². The Morgan fingerprint density at radius 3 is 2.35 bits per heavy atom. The maximum absolute atomic E-state index is 12.5. The number of ketones is 1. The van der Waals surface area contributed by atoms with Gasteiger partial charge in [-0.15, -0.1) is 0 Å². The van der Waals surface area contributed by atoms with Crippen molar-refractivity contribution in [1.29, 1.82) is 0 Å². The quantitative estimate of drug-likeness (QED) is 0.711. The van der Waals surface area contributed by atoms with Crippen molar-refractivity contribution in [3.63, 3.8) is 0 Å². The van der Waals surface area contributed by atoms with E-state index >= 15 is 0 Å². The van der Waals surface area contributed by atoms with E-state index in [0.717, 1.165) is 25.2 Å². The van der Waals surface area contributed by atoms with Gasteiger partial charge in [0.1, 0.15) is 5.75 Å². The molecule has 1 rings (SSSR count). The average molecular weight is 320 g/mol. The van der Waals surface area contributed by atoms with E-state index in [1.165, 1.54) is 6.92 Å². The van der Waals surface area contributed by atoms with Crippen molar-refractivity contribution in [3.05, 3.63) is 28.8 Å². The molecule has 5 heteroatoms. The number of benzene rings is 1. The Bertz CT molecular complexity index is 551. The van der Waals surface area contributed by atoms with Gasteiger partial charge in [0.25, 0.3) is 5.91 Å². The van der Waals surface area contributed by atoms with E-state index in [1.807, 2.05) is 13.8 Å². The fraction of sp³-hybridized carbons (Fsp3) is 0.556. The fourth-order valence-electron chi connectivity index (χ4n) is 2.44. The van der Waals surface area contributed by atoms with Crippen LogP contribution in [-0.2, 0) is 0 Å². The van der Waals surface area contributed by atoms with Gasteiger partial charge in [0.05, 0.1) is 12.2 Å². The molecule has 23 heavy (non-hydrogen) atoms. The van der Waals surface area contributed by atoms with Crippen LogP contribution >= 0.6 is 0 Å². The fourth-order valence-corrected chi connectivity index (χ4v) is 2.44. The molecule has 1 N–H and O–H groups in total. The van der Waals surface area contributed by atoms with Crippen LogP contribution in [0, 0.1) is 6.92 Å². The van der Waals surface area contributed by atoms with Crippen LogP contribution in [0.2, 0.25) is 0 Å². The summed E-state index contributed by atoms with van der Waals surface area (Å²) >= 11 is 0. The maximum atomic E-state index is 12.5. The van der Waals surface area contributed by atoms with E-state index in [-0.39, 0.29) is 11.7 Å². The molecule has 0 fully saturated rings. The molecule has 0 aliphatic rings. The average Bonchev–Trinajstić information content (AvgIpc) is 2.53. The Hall–Kier alpha value is -1.88. The van der Waals surface area contributed by atoms with E-state index < -0.39 is 0 Å². The predicted molar refractivity (Wildman–Crippen MR) is 92.5 cm³/mol. The number of hydrogen-bond acceptors (Lipinski definition) is 4. The Morgan fingerprint density at radius 1 is 1.17 bits per heavy atom. The van der Waals surface area contributed by atoms with Gasteiger partial charge >= 0.3 is 0 Å². The van der Waals surface area contributed by atoms with Crippen molar-refractivity contribution < 1.29 is 14.3 Å². The number of amides is 1. The third-order valence-electron chi connectivity index (χ3n) is 3.82. The van der Waals surface area contributed by atoms with Gasteiger partial charge < -0.3 is 15.0 Å². The highest BCUT2D eigenvalue weighted by Gasteiger charge is 2.17. The highest BCUT2D eigenvalue weighted by molar-refractivity contribution is 6.02. The minimum atomic E-state index is -0.202. The smallest absolute Gasteiger partial charge is 0.255 e. The van der Waals surface area contributed by atoms with Crippen LogP contribution in [0.25, 0.3) is 0 Å². The molecule has 0 bridgehead atoms. The van der Waals surface area contributed by atoms with Gasteiger partial charge in [-0.1, -0.05) is 13.8 Å². The van der Waals surface area contributed by atoms with Gasteiger partial charge in [-0.3, -0.25) is 9.59 Å². The monoisotopic (exact) mass is 320 g/mol. The molecule has 0 saturated carbocycles. The van der Waals surface area contributed by atoms with Crippen LogP contribution in [0.3, 0.4) is 0 Å². The van der Waals surface area contributed by atoms with Crippen LogP contribution in [0.1, 0.15) is 54.0 Å². The summed E-state index contributed by atoms with van der Waals surface area (Å²) in [6, 6.07) is 3.38. The Labute approximate surface area is 139 Å². The first-order chi connectivity index (χ1) is 10.9.